The summed E-state index contributed by atoms with van der Waals surface area (Å²) in [5.74, 6) is 0.808. The van der Waals surface area contributed by atoms with Gasteiger partial charge in [0.1, 0.15) is 0 Å². The molecule has 1 amide bonds. The van der Waals surface area contributed by atoms with Gasteiger partial charge in [0, 0.05) is 42.3 Å². The van der Waals surface area contributed by atoms with Crippen LogP contribution in [-0.4, -0.2) is 54.9 Å². The van der Waals surface area contributed by atoms with Gasteiger partial charge in [0.15, 0.2) is 10.3 Å². The number of ether oxygens (including phenoxy) is 1. The number of H-pyrrole nitrogens is 1. The highest BCUT2D eigenvalue weighted by Crippen LogP contribution is 2.31. The largest absolute Gasteiger partial charge is 0.416 e. The average molecular weight is 463 g/mol. The number of amides is 1. The fraction of sp³-hybridized carbons (Fsp3) is 0.524. The van der Waals surface area contributed by atoms with Crippen molar-refractivity contribution in [1.82, 2.24) is 25.2 Å². The first-order valence-corrected chi connectivity index (χ1v) is 11.7. The predicted molar refractivity (Wildman–Crippen MR) is 128 cm³/mol. The van der Waals surface area contributed by atoms with Crippen molar-refractivity contribution in [3.8, 4) is 5.88 Å². The van der Waals surface area contributed by atoms with Crippen molar-refractivity contribution in [2.45, 2.75) is 56.5 Å². The number of hydrogen-bond donors (Lipinski definition) is 3. The first kappa shape index (κ1) is 23.3. The predicted octanol–water partition coefficient (Wildman–Crippen LogP) is 4.28. The number of nitrogens with one attached hydrogen (secondary N) is 3. The van der Waals surface area contributed by atoms with Crippen molar-refractivity contribution < 1.29 is 9.53 Å². The molecule has 1 saturated heterocycles. The molecule has 168 valence electrons. The van der Waals surface area contributed by atoms with Crippen LogP contribution in [0.15, 0.2) is 35.9 Å². The molecule has 3 rings (SSSR count). The third kappa shape index (κ3) is 7.39. The molecule has 0 aromatic carbocycles. The molecule has 1 atom stereocenters. The molecule has 3 N–H and O–H groups in total. The van der Waals surface area contributed by atoms with Gasteiger partial charge in [0.05, 0.1) is 11.9 Å². The van der Waals surface area contributed by atoms with Crippen LogP contribution in [0.3, 0.4) is 0 Å². The maximum Gasteiger partial charge on any atom is 0.416 e. The van der Waals surface area contributed by atoms with Crippen molar-refractivity contribution >= 4 is 40.9 Å². The first-order chi connectivity index (χ1) is 14.7. The standard InChI is InChI=1S/C21H30N6O2S2/c1-14(31-19-22-9-10-23-19)15-7-11-27(12-8-15)20(28)29-17-6-5-16(13-24-17)25-18(30)26-21(2,3)4/h5-6,9-10,13-15H,7-8,11-12H2,1-4H3,(H,22,23)(H2,25,26,30). The van der Waals surface area contributed by atoms with Gasteiger partial charge in [-0.2, -0.15) is 0 Å². The Labute approximate surface area is 192 Å². The Morgan fingerprint density at radius 3 is 2.65 bits per heavy atom. The monoisotopic (exact) mass is 462 g/mol. The van der Waals surface area contributed by atoms with E-state index in [0.29, 0.717) is 29.4 Å². The Hall–Kier alpha value is -2.33. The van der Waals surface area contributed by atoms with Crippen molar-refractivity contribution in [2.75, 3.05) is 18.4 Å². The molecule has 2 aromatic rings. The number of carbonyl (C=O) groups excluding carboxylic acids is 1. The topological polar surface area (TPSA) is 95.2 Å². The lowest BCUT2D eigenvalue weighted by molar-refractivity contribution is 0.129. The van der Waals surface area contributed by atoms with Crippen LogP contribution >= 0.6 is 24.0 Å². The van der Waals surface area contributed by atoms with Crippen LogP contribution in [0.25, 0.3) is 0 Å². The molecule has 31 heavy (non-hydrogen) atoms. The zero-order valence-electron chi connectivity index (χ0n) is 18.3. The van der Waals surface area contributed by atoms with Gasteiger partial charge in [0.2, 0.25) is 5.88 Å². The van der Waals surface area contributed by atoms with Crippen LogP contribution in [0.5, 0.6) is 5.88 Å². The van der Waals surface area contributed by atoms with Gasteiger partial charge in [-0.1, -0.05) is 18.7 Å². The minimum atomic E-state index is -0.358. The summed E-state index contributed by atoms with van der Waals surface area (Å²) in [4.78, 5) is 25.9. The van der Waals surface area contributed by atoms with Gasteiger partial charge >= 0.3 is 6.09 Å². The Balaban J connectivity index is 1.44. The number of nitrogens with zero attached hydrogens (tertiary/aromatic N) is 3. The van der Waals surface area contributed by atoms with Crippen LogP contribution in [0.2, 0.25) is 0 Å². The normalized spacial score (nSPS) is 15.9. The molecule has 0 saturated carbocycles. The summed E-state index contributed by atoms with van der Waals surface area (Å²) in [7, 11) is 0. The molecule has 0 aliphatic carbocycles. The average Bonchev–Trinajstić information content (AvgIpc) is 3.21. The minimum absolute atomic E-state index is 0.129. The van der Waals surface area contributed by atoms with Gasteiger partial charge in [-0.25, -0.2) is 14.8 Å². The number of hydrogen-bond acceptors (Lipinski definition) is 6. The number of imidazole rings is 1. The van der Waals surface area contributed by atoms with Crippen molar-refractivity contribution in [1.29, 1.82) is 0 Å². The summed E-state index contributed by atoms with van der Waals surface area (Å²) in [5.41, 5.74) is 0.598. The van der Waals surface area contributed by atoms with Gasteiger partial charge in [-0.3, -0.25) is 0 Å². The number of anilines is 1. The number of pyridine rings is 1. The summed E-state index contributed by atoms with van der Waals surface area (Å²) in [6, 6.07) is 3.45. The number of carbonyl (C=O) groups is 1. The number of likely N-dealkylation sites (tertiary alicyclic amines) is 1. The van der Waals surface area contributed by atoms with E-state index in [4.69, 9.17) is 17.0 Å². The maximum absolute atomic E-state index is 12.5. The third-order valence-corrected chi connectivity index (χ3v) is 6.31. The van der Waals surface area contributed by atoms with Gasteiger partial charge in [0.25, 0.3) is 0 Å². The smallest absolute Gasteiger partial charge is 0.391 e. The van der Waals surface area contributed by atoms with E-state index in [1.54, 1.807) is 41.2 Å². The van der Waals surface area contributed by atoms with E-state index in [1.165, 1.54) is 0 Å². The minimum Gasteiger partial charge on any atom is -0.391 e. The SMILES string of the molecule is CC(Sc1ncc[nH]1)C1CCN(C(=O)Oc2ccc(NC(=S)NC(C)(C)C)cn2)CC1. The third-order valence-electron chi connectivity index (χ3n) is 4.91. The number of piperidine rings is 1. The van der Waals surface area contributed by atoms with Crippen LogP contribution in [-0.2, 0) is 0 Å². The van der Waals surface area contributed by atoms with Crippen LogP contribution < -0.4 is 15.4 Å². The molecule has 10 heteroatoms. The summed E-state index contributed by atoms with van der Waals surface area (Å²) in [6.45, 7) is 9.67. The number of thiocarbonyl (C=S) groups is 1. The van der Waals surface area contributed by atoms with Crippen LogP contribution in [0.1, 0.15) is 40.5 Å². The zero-order valence-corrected chi connectivity index (χ0v) is 20.0. The highest BCUT2D eigenvalue weighted by atomic mass is 32.2. The lowest BCUT2D eigenvalue weighted by Crippen LogP contribution is -2.43. The molecule has 3 heterocycles. The van der Waals surface area contributed by atoms with E-state index in [-0.39, 0.29) is 17.5 Å². The van der Waals surface area contributed by atoms with Crippen LogP contribution in [0.4, 0.5) is 10.5 Å². The fourth-order valence-electron chi connectivity index (χ4n) is 3.31. The van der Waals surface area contributed by atoms with E-state index in [9.17, 15) is 4.79 Å². The van der Waals surface area contributed by atoms with Gasteiger partial charge < -0.3 is 25.3 Å². The Morgan fingerprint density at radius 1 is 1.32 bits per heavy atom. The van der Waals surface area contributed by atoms with Crippen LogP contribution in [0, 0.1) is 5.92 Å². The Bertz CT molecular complexity index is 859. The Kier molecular flexibility index (Phi) is 7.77. The Morgan fingerprint density at radius 2 is 2.06 bits per heavy atom. The molecule has 1 aliphatic heterocycles. The number of rotatable bonds is 5. The summed E-state index contributed by atoms with van der Waals surface area (Å²) < 4.78 is 5.45. The molecule has 0 bridgehead atoms. The number of aromatic amines is 1. The van der Waals surface area contributed by atoms with Crippen molar-refractivity contribution in [3.63, 3.8) is 0 Å². The molecule has 1 fully saturated rings. The second-order valence-electron chi connectivity index (χ2n) is 8.62. The van der Waals surface area contributed by atoms with Crippen molar-refractivity contribution in [2.24, 2.45) is 5.92 Å². The lowest BCUT2D eigenvalue weighted by atomic mass is 9.94. The maximum atomic E-state index is 12.5. The molecular weight excluding hydrogens is 432 g/mol. The van der Waals surface area contributed by atoms with Crippen molar-refractivity contribution in [3.05, 3.63) is 30.7 Å². The number of thioether (sulfide) groups is 1. The van der Waals surface area contributed by atoms with E-state index in [2.05, 4.69) is 32.5 Å². The van der Waals surface area contributed by atoms with Gasteiger partial charge in [-0.15, -0.1) is 0 Å². The summed E-state index contributed by atoms with van der Waals surface area (Å²) in [6.07, 6.45) is 6.72. The van der Waals surface area contributed by atoms with E-state index >= 15 is 0 Å². The highest BCUT2D eigenvalue weighted by molar-refractivity contribution is 7.99. The fourth-order valence-corrected chi connectivity index (χ4v) is 4.81. The molecule has 0 spiro atoms. The summed E-state index contributed by atoms with van der Waals surface area (Å²) >= 11 is 7.03. The molecule has 0 radical (unpaired) electrons. The zero-order chi connectivity index (χ0) is 22.4. The molecule has 2 aromatic heterocycles. The number of aromatic nitrogens is 3. The van der Waals surface area contributed by atoms with E-state index in [1.807, 2.05) is 27.0 Å². The van der Waals surface area contributed by atoms with E-state index in [0.717, 1.165) is 23.7 Å². The van der Waals surface area contributed by atoms with Gasteiger partial charge in [-0.05, 0) is 57.8 Å². The first-order valence-electron chi connectivity index (χ1n) is 10.4. The summed E-state index contributed by atoms with van der Waals surface area (Å²) in [5, 5.41) is 8.13. The van der Waals surface area contributed by atoms with E-state index < -0.39 is 0 Å². The molecule has 8 nitrogen and oxygen atoms in total. The second kappa shape index (κ2) is 10.3. The second-order valence-corrected chi connectivity index (χ2v) is 10.4. The lowest BCUT2D eigenvalue weighted by Gasteiger charge is -2.33. The molecule has 1 aliphatic rings. The highest BCUT2D eigenvalue weighted by Gasteiger charge is 2.28. The molecular formula is C21H30N6O2S2. The quantitative estimate of drug-likeness (QED) is 0.448. The molecule has 1 unspecified atom stereocenters.